The van der Waals surface area contributed by atoms with E-state index in [1.165, 1.54) is 22.3 Å². The monoisotopic (exact) mass is 228 g/mol. The third kappa shape index (κ3) is 2.50. The molecule has 1 nitrogen and oxygen atoms in total. The molecule has 0 amide bonds. The van der Waals surface area contributed by atoms with Gasteiger partial charge in [0.2, 0.25) is 0 Å². The predicted molar refractivity (Wildman–Crippen MR) is 73.7 cm³/mol. The van der Waals surface area contributed by atoms with E-state index in [4.69, 9.17) is 0 Å². The Kier molecular flexibility index (Phi) is 2.96. The maximum absolute atomic E-state index is 9.40. The smallest absolute Gasteiger partial charge is 0.0688 e. The molecule has 0 aliphatic heterocycles. The molecule has 0 atom stereocenters. The molecular weight excluding hydrogens is 208 g/mol. The Labute approximate surface area is 103 Å². The van der Waals surface area contributed by atoms with E-state index >= 15 is 0 Å². The molecule has 0 unspecified atom stereocenters. The number of benzene rings is 1. The number of fused-ring (bicyclic) bond motifs is 1. The van der Waals surface area contributed by atoms with Crippen LogP contribution in [0.4, 0.5) is 0 Å². The molecule has 0 heterocycles. The molecule has 0 bridgehead atoms. The van der Waals surface area contributed by atoms with Crippen molar-refractivity contribution in [2.24, 2.45) is 5.41 Å². The number of aliphatic hydroxyl groups is 1. The quantitative estimate of drug-likeness (QED) is 0.775. The van der Waals surface area contributed by atoms with Crippen LogP contribution in [0.3, 0.4) is 0 Å². The van der Waals surface area contributed by atoms with Crippen LogP contribution >= 0.6 is 0 Å². The molecule has 1 N–H and O–H groups in total. The standard InChI is InChI=1S/C16H20O/c1-11-5-6-14-13(10-17)8-12(15(14)7-11)9-16(2,3)4/h5-9,17H,10H2,1-4H3/b12-9+. The average molecular weight is 228 g/mol. The molecule has 0 spiro atoms. The summed E-state index contributed by atoms with van der Waals surface area (Å²) in [7, 11) is 0. The minimum Gasteiger partial charge on any atom is -0.392 e. The maximum Gasteiger partial charge on any atom is 0.0688 e. The van der Waals surface area contributed by atoms with Crippen LogP contribution in [0.1, 0.15) is 37.5 Å². The Morgan fingerprint density at radius 1 is 1.18 bits per heavy atom. The molecule has 90 valence electrons. The van der Waals surface area contributed by atoms with Crippen molar-refractivity contribution in [2.75, 3.05) is 6.61 Å². The van der Waals surface area contributed by atoms with Crippen LogP contribution in [0, 0.1) is 12.3 Å². The second kappa shape index (κ2) is 4.15. The van der Waals surface area contributed by atoms with E-state index in [1.807, 2.05) is 0 Å². The van der Waals surface area contributed by atoms with E-state index in [2.05, 4.69) is 58.0 Å². The lowest BCUT2D eigenvalue weighted by Crippen LogP contribution is -2.00. The SMILES string of the molecule is Cc1ccc2c(c1)/C(=C/C(C)(C)C)C=C2CO. The second-order valence-corrected chi connectivity index (χ2v) is 5.84. The fourth-order valence-corrected chi connectivity index (χ4v) is 2.24. The van der Waals surface area contributed by atoms with Crippen molar-refractivity contribution in [3.8, 4) is 0 Å². The molecule has 1 aromatic rings. The largest absolute Gasteiger partial charge is 0.392 e. The summed E-state index contributed by atoms with van der Waals surface area (Å²) in [6, 6.07) is 6.41. The van der Waals surface area contributed by atoms with Gasteiger partial charge in [-0.15, -0.1) is 0 Å². The number of rotatable bonds is 1. The van der Waals surface area contributed by atoms with Crippen LogP contribution < -0.4 is 0 Å². The molecule has 2 rings (SSSR count). The van der Waals surface area contributed by atoms with Crippen molar-refractivity contribution in [1.82, 2.24) is 0 Å². The summed E-state index contributed by atoms with van der Waals surface area (Å²) in [5.41, 5.74) is 6.10. The van der Waals surface area contributed by atoms with E-state index in [0.717, 1.165) is 5.57 Å². The lowest BCUT2D eigenvalue weighted by atomic mass is 9.91. The van der Waals surface area contributed by atoms with Crippen LogP contribution in [0.15, 0.2) is 30.4 Å². The van der Waals surface area contributed by atoms with Crippen molar-refractivity contribution < 1.29 is 5.11 Å². The van der Waals surface area contributed by atoms with Gasteiger partial charge in [-0.3, -0.25) is 0 Å². The number of aliphatic hydroxyl groups excluding tert-OH is 1. The normalized spacial score (nSPS) is 17.2. The Balaban J connectivity index is 2.57. The lowest BCUT2D eigenvalue weighted by molar-refractivity contribution is 0.350. The highest BCUT2D eigenvalue weighted by molar-refractivity contribution is 5.96. The molecule has 0 aromatic heterocycles. The molecule has 1 aliphatic carbocycles. The predicted octanol–water partition coefficient (Wildman–Crippen LogP) is 3.81. The molecule has 1 aromatic carbocycles. The molecule has 0 saturated heterocycles. The first-order valence-electron chi connectivity index (χ1n) is 6.06. The lowest BCUT2D eigenvalue weighted by Gasteiger charge is -2.14. The first kappa shape index (κ1) is 12.1. The van der Waals surface area contributed by atoms with E-state index < -0.39 is 0 Å². The number of allylic oxidation sites excluding steroid dienone is 3. The molecule has 0 fully saturated rings. The summed E-state index contributed by atoms with van der Waals surface area (Å²) in [4.78, 5) is 0. The Morgan fingerprint density at radius 3 is 2.47 bits per heavy atom. The van der Waals surface area contributed by atoms with Crippen molar-refractivity contribution in [3.63, 3.8) is 0 Å². The van der Waals surface area contributed by atoms with E-state index in [0.29, 0.717) is 0 Å². The fourth-order valence-electron chi connectivity index (χ4n) is 2.24. The summed E-state index contributed by atoms with van der Waals surface area (Å²) in [5.74, 6) is 0. The first-order valence-corrected chi connectivity index (χ1v) is 6.06. The van der Waals surface area contributed by atoms with Gasteiger partial charge in [-0.05, 0) is 40.7 Å². The second-order valence-electron chi connectivity index (χ2n) is 5.84. The van der Waals surface area contributed by atoms with Crippen molar-refractivity contribution >= 4 is 11.1 Å². The first-order chi connectivity index (χ1) is 7.90. The van der Waals surface area contributed by atoms with Crippen LogP contribution in [0.5, 0.6) is 0 Å². The molecule has 1 aliphatic rings. The minimum absolute atomic E-state index is 0.109. The van der Waals surface area contributed by atoms with Crippen LogP contribution in [-0.4, -0.2) is 11.7 Å². The third-order valence-electron chi connectivity index (χ3n) is 2.92. The summed E-state index contributed by atoms with van der Waals surface area (Å²) in [5, 5.41) is 9.40. The number of hydrogen-bond acceptors (Lipinski definition) is 1. The minimum atomic E-state index is 0.109. The number of aryl methyl sites for hydroxylation is 1. The van der Waals surface area contributed by atoms with E-state index in [-0.39, 0.29) is 12.0 Å². The van der Waals surface area contributed by atoms with Gasteiger partial charge in [-0.25, -0.2) is 0 Å². The molecule has 0 saturated carbocycles. The summed E-state index contributed by atoms with van der Waals surface area (Å²) in [6.07, 6.45) is 4.38. The zero-order valence-electron chi connectivity index (χ0n) is 11.0. The van der Waals surface area contributed by atoms with Gasteiger partial charge in [0, 0.05) is 0 Å². The highest BCUT2D eigenvalue weighted by atomic mass is 16.3. The highest BCUT2D eigenvalue weighted by Gasteiger charge is 2.19. The summed E-state index contributed by atoms with van der Waals surface area (Å²) < 4.78 is 0. The molecular formula is C16H20O. The summed E-state index contributed by atoms with van der Waals surface area (Å²) >= 11 is 0. The van der Waals surface area contributed by atoms with Crippen LogP contribution in [-0.2, 0) is 0 Å². The maximum atomic E-state index is 9.40. The number of hydrogen-bond donors (Lipinski definition) is 1. The van der Waals surface area contributed by atoms with Gasteiger partial charge in [0.15, 0.2) is 0 Å². The zero-order valence-corrected chi connectivity index (χ0v) is 11.0. The van der Waals surface area contributed by atoms with Crippen LogP contribution in [0.25, 0.3) is 11.1 Å². The van der Waals surface area contributed by atoms with Crippen molar-refractivity contribution in [3.05, 3.63) is 47.0 Å². The third-order valence-corrected chi connectivity index (χ3v) is 2.92. The van der Waals surface area contributed by atoms with Gasteiger partial charge in [0.1, 0.15) is 0 Å². The Bertz CT molecular complexity index is 499. The topological polar surface area (TPSA) is 20.2 Å². The van der Waals surface area contributed by atoms with Gasteiger partial charge in [0.05, 0.1) is 6.61 Å². The highest BCUT2D eigenvalue weighted by Crippen LogP contribution is 2.37. The van der Waals surface area contributed by atoms with Crippen molar-refractivity contribution in [1.29, 1.82) is 0 Å². The Morgan fingerprint density at radius 2 is 1.88 bits per heavy atom. The molecule has 1 heteroatoms. The van der Waals surface area contributed by atoms with Gasteiger partial charge in [-0.1, -0.05) is 50.6 Å². The van der Waals surface area contributed by atoms with Crippen LogP contribution in [0.2, 0.25) is 0 Å². The molecule has 0 radical (unpaired) electrons. The van der Waals surface area contributed by atoms with Crippen molar-refractivity contribution in [2.45, 2.75) is 27.7 Å². The van der Waals surface area contributed by atoms with Gasteiger partial charge < -0.3 is 5.11 Å². The van der Waals surface area contributed by atoms with Gasteiger partial charge in [0.25, 0.3) is 0 Å². The van der Waals surface area contributed by atoms with Gasteiger partial charge in [-0.2, -0.15) is 0 Å². The average Bonchev–Trinajstić information content (AvgIpc) is 2.54. The fraction of sp³-hybridized carbons (Fsp3) is 0.375. The molecule has 17 heavy (non-hydrogen) atoms. The Hall–Kier alpha value is -1.34. The van der Waals surface area contributed by atoms with E-state index in [1.54, 1.807) is 0 Å². The summed E-state index contributed by atoms with van der Waals surface area (Å²) in [6.45, 7) is 8.80. The van der Waals surface area contributed by atoms with E-state index in [9.17, 15) is 5.11 Å². The van der Waals surface area contributed by atoms with Gasteiger partial charge >= 0.3 is 0 Å². The zero-order chi connectivity index (χ0) is 12.6.